The summed E-state index contributed by atoms with van der Waals surface area (Å²) < 4.78 is 0. The van der Waals surface area contributed by atoms with Crippen molar-refractivity contribution in [3.05, 3.63) is 29.6 Å². The van der Waals surface area contributed by atoms with Gasteiger partial charge in [-0.1, -0.05) is 13.8 Å². The molecule has 7 heteroatoms. The molecule has 1 aliphatic carbocycles. The van der Waals surface area contributed by atoms with Gasteiger partial charge in [-0.15, -0.1) is 0 Å². The maximum atomic E-state index is 10.3. The molecular formula is C16H24N6O. The van der Waals surface area contributed by atoms with Crippen LogP contribution < -0.4 is 5.32 Å². The van der Waals surface area contributed by atoms with Crippen LogP contribution in [0.25, 0.3) is 0 Å². The molecule has 1 fully saturated rings. The van der Waals surface area contributed by atoms with Gasteiger partial charge in [0.25, 0.3) is 0 Å². The second-order valence-corrected chi connectivity index (χ2v) is 6.13. The van der Waals surface area contributed by atoms with Crippen molar-refractivity contribution < 1.29 is 5.11 Å². The predicted octanol–water partition coefficient (Wildman–Crippen LogP) is 1.69. The summed E-state index contributed by atoms with van der Waals surface area (Å²) in [4.78, 5) is 13.3. The smallest absolute Gasteiger partial charge is 0.223 e. The monoisotopic (exact) mass is 316 g/mol. The number of hydrogen-bond donors (Lipinski definition) is 3. The lowest BCUT2D eigenvalue weighted by atomic mass is 10.0. The fraction of sp³-hybridized carbons (Fsp3) is 0.625. The van der Waals surface area contributed by atoms with Crippen LogP contribution in [-0.2, 0) is 12.8 Å². The zero-order valence-corrected chi connectivity index (χ0v) is 13.7. The van der Waals surface area contributed by atoms with Crippen LogP contribution in [-0.4, -0.2) is 42.9 Å². The van der Waals surface area contributed by atoms with Gasteiger partial charge in [0.05, 0.1) is 6.10 Å². The van der Waals surface area contributed by atoms with Gasteiger partial charge in [0.2, 0.25) is 5.95 Å². The Labute approximate surface area is 136 Å². The molecule has 2 heterocycles. The lowest BCUT2D eigenvalue weighted by molar-refractivity contribution is 0.137. The Balaban J connectivity index is 1.62. The normalized spacial score (nSPS) is 24.0. The summed E-state index contributed by atoms with van der Waals surface area (Å²) in [6.07, 6.45) is 4.57. The Morgan fingerprint density at radius 3 is 2.57 bits per heavy atom. The fourth-order valence-corrected chi connectivity index (χ4v) is 3.17. The molecular weight excluding hydrogens is 292 g/mol. The Kier molecular flexibility index (Phi) is 4.85. The first-order valence-electron chi connectivity index (χ1n) is 8.33. The van der Waals surface area contributed by atoms with E-state index in [-0.39, 0.29) is 17.9 Å². The van der Waals surface area contributed by atoms with Crippen LogP contribution in [0.15, 0.2) is 12.4 Å². The zero-order chi connectivity index (χ0) is 16.2. The van der Waals surface area contributed by atoms with E-state index in [4.69, 9.17) is 0 Å². The summed E-state index contributed by atoms with van der Waals surface area (Å²) >= 11 is 0. The minimum Gasteiger partial charge on any atom is -0.393 e. The first-order chi connectivity index (χ1) is 11.2. The molecule has 0 aromatic carbocycles. The number of rotatable bonds is 6. The molecule has 1 aliphatic rings. The average Bonchev–Trinajstić information content (AvgIpc) is 3.22. The molecule has 3 N–H and O–H groups in total. The number of hydrogen-bond acceptors (Lipinski definition) is 6. The summed E-state index contributed by atoms with van der Waals surface area (Å²) in [6.45, 7) is 4.85. The number of anilines is 1. The van der Waals surface area contributed by atoms with Crippen molar-refractivity contribution >= 4 is 5.95 Å². The number of nitrogens with zero attached hydrogens (tertiary/aromatic N) is 4. The average molecular weight is 316 g/mol. The molecule has 0 unspecified atom stereocenters. The van der Waals surface area contributed by atoms with Gasteiger partial charge in [-0.3, -0.25) is 5.10 Å². The van der Waals surface area contributed by atoms with E-state index in [1.54, 1.807) is 0 Å². The van der Waals surface area contributed by atoms with Crippen molar-refractivity contribution in [1.82, 2.24) is 25.1 Å². The van der Waals surface area contributed by atoms with Crippen LogP contribution >= 0.6 is 0 Å². The van der Waals surface area contributed by atoms with Crippen molar-refractivity contribution in [1.29, 1.82) is 0 Å². The van der Waals surface area contributed by atoms with Crippen molar-refractivity contribution in [2.45, 2.75) is 51.6 Å². The molecule has 0 radical (unpaired) electrons. The molecule has 0 bridgehead atoms. The summed E-state index contributed by atoms with van der Waals surface area (Å²) in [5, 5.41) is 20.4. The van der Waals surface area contributed by atoms with Crippen LogP contribution in [0.4, 0.5) is 5.95 Å². The topological polar surface area (TPSA) is 99.6 Å². The van der Waals surface area contributed by atoms with Crippen molar-refractivity contribution in [2.75, 3.05) is 11.9 Å². The molecule has 3 rings (SSSR count). The third-order valence-corrected chi connectivity index (χ3v) is 4.56. The number of aromatic amines is 1. The number of aliphatic hydroxyl groups excluding tert-OH is 1. The second-order valence-electron chi connectivity index (χ2n) is 6.13. The van der Waals surface area contributed by atoms with E-state index >= 15 is 0 Å². The van der Waals surface area contributed by atoms with Crippen LogP contribution in [0, 0.1) is 5.92 Å². The Morgan fingerprint density at radius 1 is 1.22 bits per heavy atom. The number of aliphatic hydroxyl groups is 1. The highest BCUT2D eigenvalue weighted by Crippen LogP contribution is 2.36. The first-order valence-corrected chi connectivity index (χ1v) is 8.33. The molecule has 1 saturated carbocycles. The Morgan fingerprint density at radius 2 is 1.96 bits per heavy atom. The highest BCUT2D eigenvalue weighted by atomic mass is 16.3. The molecule has 0 aliphatic heterocycles. The van der Waals surface area contributed by atoms with Gasteiger partial charge < -0.3 is 10.4 Å². The highest BCUT2D eigenvalue weighted by molar-refractivity contribution is 5.29. The largest absolute Gasteiger partial charge is 0.393 e. The van der Waals surface area contributed by atoms with Crippen molar-refractivity contribution in [3.8, 4) is 0 Å². The first kappa shape index (κ1) is 15.9. The fourth-order valence-electron chi connectivity index (χ4n) is 3.17. The molecule has 23 heavy (non-hydrogen) atoms. The zero-order valence-electron chi connectivity index (χ0n) is 13.7. The van der Waals surface area contributed by atoms with Gasteiger partial charge in [0, 0.05) is 29.8 Å². The third-order valence-electron chi connectivity index (χ3n) is 4.56. The molecule has 0 saturated heterocycles. The molecule has 0 spiro atoms. The SMILES string of the molecule is CCc1cc(CC)nc(NC[C@@H]2C[C@@H](c3ncn[nH]3)C[C@@H]2O)n1. The van der Waals surface area contributed by atoms with E-state index in [0.717, 1.165) is 42.9 Å². The van der Waals surface area contributed by atoms with Gasteiger partial charge in [-0.2, -0.15) is 5.10 Å². The minimum atomic E-state index is -0.336. The third kappa shape index (κ3) is 3.67. The van der Waals surface area contributed by atoms with Gasteiger partial charge in [-0.05, 0) is 31.7 Å². The van der Waals surface area contributed by atoms with E-state index in [0.29, 0.717) is 12.5 Å². The van der Waals surface area contributed by atoms with Gasteiger partial charge in [-0.25, -0.2) is 15.0 Å². The Hall–Kier alpha value is -2.02. The lowest BCUT2D eigenvalue weighted by Crippen LogP contribution is -2.23. The van der Waals surface area contributed by atoms with E-state index in [1.165, 1.54) is 6.33 Å². The maximum absolute atomic E-state index is 10.3. The van der Waals surface area contributed by atoms with Gasteiger partial charge in [0.1, 0.15) is 12.2 Å². The van der Waals surface area contributed by atoms with Crippen molar-refractivity contribution in [2.24, 2.45) is 5.92 Å². The lowest BCUT2D eigenvalue weighted by Gasteiger charge is -2.15. The summed E-state index contributed by atoms with van der Waals surface area (Å²) in [7, 11) is 0. The summed E-state index contributed by atoms with van der Waals surface area (Å²) in [5.41, 5.74) is 2.09. The highest BCUT2D eigenvalue weighted by Gasteiger charge is 2.35. The van der Waals surface area contributed by atoms with Gasteiger partial charge in [0.15, 0.2) is 0 Å². The molecule has 2 aromatic heterocycles. The summed E-state index contributed by atoms with van der Waals surface area (Å²) in [5.74, 6) is 1.94. The van der Waals surface area contributed by atoms with Gasteiger partial charge >= 0.3 is 0 Å². The number of H-pyrrole nitrogens is 1. The van der Waals surface area contributed by atoms with Crippen LogP contribution in [0.1, 0.15) is 49.8 Å². The van der Waals surface area contributed by atoms with E-state index < -0.39 is 0 Å². The quantitative estimate of drug-likeness (QED) is 0.750. The summed E-state index contributed by atoms with van der Waals surface area (Å²) in [6, 6.07) is 2.05. The number of aryl methyl sites for hydroxylation is 2. The standard InChI is InChI=1S/C16H24N6O/c1-3-12-7-13(4-2)21-16(20-12)17-8-11-5-10(6-14(11)23)15-18-9-19-22-15/h7,9-11,14,23H,3-6,8H2,1-2H3,(H,17,20,21)(H,18,19,22)/t10-,11+,14+/m1/s1. The molecule has 2 aromatic rings. The minimum absolute atomic E-state index is 0.170. The van der Waals surface area contributed by atoms with E-state index in [1.807, 2.05) is 0 Å². The molecule has 7 nitrogen and oxygen atoms in total. The van der Waals surface area contributed by atoms with Crippen LogP contribution in [0.5, 0.6) is 0 Å². The molecule has 0 amide bonds. The molecule has 3 atom stereocenters. The van der Waals surface area contributed by atoms with E-state index in [2.05, 4.69) is 50.4 Å². The Bertz CT molecular complexity index is 607. The second kappa shape index (κ2) is 7.04. The molecule has 124 valence electrons. The number of nitrogens with one attached hydrogen (secondary N) is 2. The maximum Gasteiger partial charge on any atom is 0.223 e. The van der Waals surface area contributed by atoms with Crippen LogP contribution in [0.2, 0.25) is 0 Å². The van der Waals surface area contributed by atoms with Crippen molar-refractivity contribution in [3.63, 3.8) is 0 Å². The van der Waals surface area contributed by atoms with E-state index in [9.17, 15) is 5.11 Å². The predicted molar refractivity (Wildman–Crippen MR) is 87.1 cm³/mol. The number of aromatic nitrogens is 5. The van der Waals surface area contributed by atoms with Crippen LogP contribution in [0.3, 0.4) is 0 Å².